The third-order valence-corrected chi connectivity index (χ3v) is 3.62. The Morgan fingerprint density at radius 3 is 2.57 bits per heavy atom. The van der Waals surface area contributed by atoms with Gasteiger partial charge >= 0.3 is 0 Å². The molecule has 0 radical (unpaired) electrons. The van der Waals surface area contributed by atoms with Crippen molar-refractivity contribution in [2.45, 2.75) is 6.42 Å². The highest BCUT2D eigenvalue weighted by atomic mass is 32.2. The number of ether oxygens (including phenoxy) is 1. The number of nitrogens with zero attached hydrogens (tertiary/aromatic N) is 1. The van der Waals surface area contributed by atoms with Gasteiger partial charge < -0.3 is 10.5 Å². The van der Waals surface area contributed by atoms with E-state index in [9.17, 15) is 8.42 Å². The molecular formula is C7H16N2O3S2. The van der Waals surface area contributed by atoms with E-state index in [0.717, 1.165) is 4.31 Å². The highest BCUT2D eigenvalue weighted by Gasteiger charge is 2.17. The molecule has 2 N–H and O–H groups in total. The van der Waals surface area contributed by atoms with Crippen LogP contribution >= 0.6 is 12.2 Å². The quantitative estimate of drug-likeness (QED) is 0.483. The number of hydrogen-bond acceptors (Lipinski definition) is 4. The molecule has 0 spiro atoms. The van der Waals surface area contributed by atoms with Crippen LogP contribution in [0.15, 0.2) is 0 Å². The second kappa shape index (κ2) is 6.28. The van der Waals surface area contributed by atoms with Gasteiger partial charge in [-0.15, -0.1) is 0 Å². The lowest BCUT2D eigenvalue weighted by Crippen LogP contribution is -2.36. The van der Waals surface area contributed by atoms with Gasteiger partial charge in [0.25, 0.3) is 0 Å². The van der Waals surface area contributed by atoms with Crippen molar-refractivity contribution in [1.82, 2.24) is 4.31 Å². The van der Waals surface area contributed by atoms with Crippen LogP contribution in [0.2, 0.25) is 0 Å². The van der Waals surface area contributed by atoms with Crippen molar-refractivity contribution in [1.29, 1.82) is 0 Å². The topological polar surface area (TPSA) is 72.6 Å². The van der Waals surface area contributed by atoms with Crippen LogP contribution in [0.25, 0.3) is 0 Å². The molecule has 14 heavy (non-hydrogen) atoms. The monoisotopic (exact) mass is 240 g/mol. The fourth-order valence-corrected chi connectivity index (χ4v) is 2.26. The smallest absolute Gasteiger partial charge is 0.214 e. The molecule has 0 saturated carbocycles. The summed E-state index contributed by atoms with van der Waals surface area (Å²) < 4.78 is 28.9. The first-order chi connectivity index (χ1) is 6.40. The Hall–Kier alpha value is -0.240. The van der Waals surface area contributed by atoms with Gasteiger partial charge in [-0.1, -0.05) is 12.2 Å². The van der Waals surface area contributed by atoms with E-state index in [0.29, 0.717) is 13.0 Å². The molecule has 0 rings (SSSR count). The van der Waals surface area contributed by atoms with Crippen molar-refractivity contribution in [3.05, 3.63) is 0 Å². The molecule has 84 valence electrons. The molecule has 0 aromatic carbocycles. The highest BCUT2D eigenvalue weighted by Crippen LogP contribution is 2.00. The first-order valence-corrected chi connectivity index (χ1v) is 6.13. The molecule has 0 aromatic rings. The van der Waals surface area contributed by atoms with Crippen LogP contribution in [0.3, 0.4) is 0 Å². The van der Waals surface area contributed by atoms with E-state index in [1.54, 1.807) is 0 Å². The summed E-state index contributed by atoms with van der Waals surface area (Å²) in [4.78, 5) is 0.169. The third-order valence-electron chi connectivity index (χ3n) is 1.60. The number of sulfonamides is 1. The molecule has 0 atom stereocenters. The normalized spacial score (nSPS) is 11.9. The Bertz CT molecular complexity index is 277. The van der Waals surface area contributed by atoms with Crippen molar-refractivity contribution < 1.29 is 13.2 Å². The number of hydrogen-bond donors (Lipinski definition) is 1. The second-order valence-electron chi connectivity index (χ2n) is 2.88. The zero-order valence-electron chi connectivity index (χ0n) is 8.39. The molecule has 0 aliphatic heterocycles. The van der Waals surface area contributed by atoms with Gasteiger partial charge in [-0.25, -0.2) is 8.42 Å². The van der Waals surface area contributed by atoms with E-state index in [-0.39, 0.29) is 17.3 Å². The molecular weight excluding hydrogens is 224 g/mol. The van der Waals surface area contributed by atoms with Crippen molar-refractivity contribution >= 4 is 27.2 Å². The van der Waals surface area contributed by atoms with Crippen LogP contribution in [0.1, 0.15) is 6.42 Å². The molecule has 0 aliphatic carbocycles. The number of rotatable bonds is 7. The average Bonchev–Trinajstić information content (AvgIpc) is 2.03. The van der Waals surface area contributed by atoms with Crippen molar-refractivity contribution in [2.75, 3.05) is 33.1 Å². The SMILES string of the molecule is COCCCS(=O)(=O)N(C)CC(N)=S. The van der Waals surface area contributed by atoms with Gasteiger partial charge in [0.1, 0.15) is 0 Å². The second-order valence-corrected chi connectivity index (χ2v) is 5.60. The summed E-state index contributed by atoms with van der Waals surface area (Å²) >= 11 is 4.62. The first kappa shape index (κ1) is 13.8. The zero-order valence-corrected chi connectivity index (χ0v) is 10.0. The minimum Gasteiger partial charge on any atom is -0.392 e. The van der Waals surface area contributed by atoms with Crippen molar-refractivity contribution in [2.24, 2.45) is 5.73 Å². The number of thiocarbonyl (C=S) groups is 1. The van der Waals surface area contributed by atoms with Crippen molar-refractivity contribution in [3.8, 4) is 0 Å². The summed E-state index contributed by atoms with van der Waals surface area (Å²) in [6, 6.07) is 0. The summed E-state index contributed by atoms with van der Waals surface area (Å²) in [6.07, 6.45) is 0.473. The maximum absolute atomic E-state index is 11.5. The van der Waals surface area contributed by atoms with E-state index in [1.165, 1.54) is 14.2 Å². The van der Waals surface area contributed by atoms with Gasteiger partial charge in [-0.2, -0.15) is 4.31 Å². The van der Waals surface area contributed by atoms with Gasteiger partial charge in [0.15, 0.2) is 0 Å². The summed E-state index contributed by atoms with van der Waals surface area (Å²) in [6.45, 7) is 0.519. The molecule has 0 amide bonds. The van der Waals surface area contributed by atoms with Crippen LogP contribution in [-0.2, 0) is 14.8 Å². The summed E-state index contributed by atoms with van der Waals surface area (Å²) in [5, 5.41) is 0. The fraction of sp³-hybridized carbons (Fsp3) is 0.857. The highest BCUT2D eigenvalue weighted by molar-refractivity contribution is 7.89. The lowest BCUT2D eigenvalue weighted by atomic mass is 10.5. The largest absolute Gasteiger partial charge is 0.392 e. The van der Waals surface area contributed by atoms with E-state index in [2.05, 4.69) is 12.2 Å². The minimum absolute atomic E-state index is 0.0555. The number of likely N-dealkylation sites (N-methyl/N-ethyl adjacent to an activating group) is 1. The Labute approximate surface area is 90.3 Å². The molecule has 0 unspecified atom stereocenters. The summed E-state index contributed by atoms with van der Waals surface area (Å²) in [5.41, 5.74) is 5.25. The third kappa shape index (κ3) is 5.48. The van der Waals surface area contributed by atoms with Crippen LogP contribution < -0.4 is 5.73 Å². The van der Waals surface area contributed by atoms with Gasteiger partial charge in [-0.05, 0) is 6.42 Å². The molecule has 7 heteroatoms. The molecule has 0 aliphatic rings. The van der Waals surface area contributed by atoms with Crippen LogP contribution in [0.4, 0.5) is 0 Å². The Morgan fingerprint density at radius 1 is 1.57 bits per heavy atom. The number of methoxy groups -OCH3 is 1. The van der Waals surface area contributed by atoms with E-state index < -0.39 is 10.0 Å². The molecule has 0 heterocycles. The molecule has 0 saturated heterocycles. The summed E-state index contributed by atoms with van der Waals surface area (Å²) in [7, 11) is -0.249. The minimum atomic E-state index is -3.24. The van der Waals surface area contributed by atoms with Gasteiger partial charge in [-0.3, -0.25) is 0 Å². The molecule has 0 aromatic heterocycles. The lowest BCUT2D eigenvalue weighted by Gasteiger charge is -2.15. The van der Waals surface area contributed by atoms with E-state index in [4.69, 9.17) is 10.5 Å². The maximum Gasteiger partial charge on any atom is 0.214 e. The zero-order chi connectivity index (χ0) is 11.2. The lowest BCUT2D eigenvalue weighted by molar-refractivity contribution is 0.199. The van der Waals surface area contributed by atoms with Crippen molar-refractivity contribution in [3.63, 3.8) is 0 Å². The Kier molecular flexibility index (Phi) is 6.17. The molecule has 0 bridgehead atoms. The van der Waals surface area contributed by atoms with Crippen LogP contribution in [0, 0.1) is 0 Å². The Morgan fingerprint density at radius 2 is 2.14 bits per heavy atom. The predicted molar refractivity (Wildman–Crippen MR) is 59.7 cm³/mol. The Balaban J connectivity index is 4.10. The van der Waals surface area contributed by atoms with Crippen LogP contribution in [-0.4, -0.2) is 50.8 Å². The van der Waals surface area contributed by atoms with Gasteiger partial charge in [0, 0.05) is 20.8 Å². The van der Waals surface area contributed by atoms with E-state index in [1.807, 2.05) is 0 Å². The molecule has 5 nitrogen and oxygen atoms in total. The molecule has 0 fully saturated rings. The standard InChI is InChI=1S/C7H16N2O3S2/c1-9(6-7(8)13)14(10,11)5-3-4-12-2/h3-6H2,1-2H3,(H2,8,13). The fourth-order valence-electron chi connectivity index (χ4n) is 0.859. The van der Waals surface area contributed by atoms with Gasteiger partial charge in [0.2, 0.25) is 10.0 Å². The van der Waals surface area contributed by atoms with Gasteiger partial charge in [0.05, 0.1) is 17.3 Å². The van der Waals surface area contributed by atoms with E-state index >= 15 is 0 Å². The first-order valence-electron chi connectivity index (χ1n) is 4.11. The van der Waals surface area contributed by atoms with Crippen LogP contribution in [0.5, 0.6) is 0 Å². The predicted octanol–water partition coefficient (Wildman–Crippen LogP) is -0.429. The number of nitrogens with two attached hydrogens (primary N) is 1. The maximum atomic E-state index is 11.5. The summed E-state index contributed by atoms with van der Waals surface area (Å²) in [5.74, 6) is 0.0555. The average molecular weight is 240 g/mol.